The van der Waals surface area contributed by atoms with E-state index < -0.39 is 5.91 Å². The van der Waals surface area contributed by atoms with E-state index in [-0.39, 0.29) is 0 Å². The van der Waals surface area contributed by atoms with Gasteiger partial charge in [0.15, 0.2) is 0 Å². The molecule has 2 N–H and O–H groups in total. The van der Waals surface area contributed by atoms with Crippen LogP contribution in [0.3, 0.4) is 0 Å². The van der Waals surface area contributed by atoms with Crippen LogP contribution in [0.25, 0.3) is 6.08 Å². The highest BCUT2D eigenvalue weighted by Gasteiger charge is 1.99. The van der Waals surface area contributed by atoms with Crippen LogP contribution < -0.4 is 5.73 Å². The van der Waals surface area contributed by atoms with Crippen LogP contribution in [0, 0.1) is 6.92 Å². The van der Waals surface area contributed by atoms with Crippen molar-refractivity contribution >= 4 is 39.2 Å². The largest absolute Gasteiger partial charge is 0.366 e. The number of rotatable bonds is 2. The van der Waals surface area contributed by atoms with Crippen LogP contribution in [0.1, 0.15) is 10.4 Å². The molecule has 1 aromatic rings. The maximum Gasteiger partial charge on any atom is 0.241 e. The summed E-state index contributed by atoms with van der Waals surface area (Å²) < 4.78 is 1.09. The molecule has 0 aliphatic carbocycles. The van der Waals surface area contributed by atoms with E-state index in [0.29, 0.717) is 0 Å². The molecule has 64 valence electrons. The lowest BCUT2D eigenvalue weighted by Gasteiger charge is -1.80. The van der Waals surface area contributed by atoms with E-state index in [0.717, 1.165) is 8.66 Å². The number of halogens is 1. The summed E-state index contributed by atoms with van der Waals surface area (Å²) in [7, 11) is 0. The fraction of sp³-hybridized carbons (Fsp3) is 0.125. The highest BCUT2D eigenvalue weighted by Crippen LogP contribution is 2.27. The SMILES string of the molecule is Cc1cc(C=CC(N)=O)sc1Br. The number of amides is 1. The highest BCUT2D eigenvalue weighted by atomic mass is 79.9. The molecule has 0 aliphatic rings. The third-order valence-corrected chi connectivity index (χ3v) is 3.39. The van der Waals surface area contributed by atoms with Crippen molar-refractivity contribution in [2.24, 2.45) is 5.73 Å². The van der Waals surface area contributed by atoms with E-state index in [1.54, 1.807) is 17.4 Å². The van der Waals surface area contributed by atoms with Gasteiger partial charge in [-0.05, 0) is 40.6 Å². The minimum absolute atomic E-state index is 0.419. The van der Waals surface area contributed by atoms with Crippen LogP contribution in [-0.4, -0.2) is 5.91 Å². The molecular weight excluding hydrogens is 238 g/mol. The van der Waals surface area contributed by atoms with Crippen LogP contribution in [-0.2, 0) is 4.79 Å². The first-order chi connectivity index (χ1) is 5.59. The van der Waals surface area contributed by atoms with Gasteiger partial charge in [0.2, 0.25) is 5.91 Å². The van der Waals surface area contributed by atoms with Crippen LogP contribution in [0.15, 0.2) is 15.9 Å². The number of thiophene rings is 1. The Morgan fingerprint density at radius 2 is 2.42 bits per heavy atom. The van der Waals surface area contributed by atoms with E-state index in [1.807, 2.05) is 13.0 Å². The number of carbonyl (C=O) groups excluding carboxylic acids is 1. The molecule has 1 rings (SSSR count). The summed E-state index contributed by atoms with van der Waals surface area (Å²) >= 11 is 4.97. The second-order valence-electron chi connectivity index (χ2n) is 2.34. The normalized spacial score (nSPS) is 10.8. The molecule has 1 amide bonds. The Labute approximate surface area is 83.2 Å². The van der Waals surface area contributed by atoms with Gasteiger partial charge in [0.1, 0.15) is 0 Å². The van der Waals surface area contributed by atoms with Gasteiger partial charge in [-0.25, -0.2) is 0 Å². The summed E-state index contributed by atoms with van der Waals surface area (Å²) in [6.07, 6.45) is 3.07. The van der Waals surface area contributed by atoms with Crippen molar-refractivity contribution in [2.75, 3.05) is 0 Å². The molecule has 0 aliphatic heterocycles. The van der Waals surface area contributed by atoms with E-state index in [2.05, 4.69) is 15.9 Å². The number of hydrogen-bond acceptors (Lipinski definition) is 2. The average Bonchev–Trinajstić information content (AvgIpc) is 2.28. The maximum atomic E-state index is 10.4. The van der Waals surface area contributed by atoms with Crippen molar-refractivity contribution in [3.63, 3.8) is 0 Å². The topological polar surface area (TPSA) is 43.1 Å². The third kappa shape index (κ3) is 2.46. The predicted molar refractivity (Wildman–Crippen MR) is 55.0 cm³/mol. The van der Waals surface area contributed by atoms with Crippen molar-refractivity contribution in [2.45, 2.75) is 6.92 Å². The van der Waals surface area contributed by atoms with Crippen molar-refractivity contribution in [3.05, 3.63) is 26.4 Å². The maximum absolute atomic E-state index is 10.4. The molecular formula is C8H8BrNOS. The van der Waals surface area contributed by atoms with Crippen LogP contribution >= 0.6 is 27.3 Å². The van der Waals surface area contributed by atoms with E-state index >= 15 is 0 Å². The van der Waals surface area contributed by atoms with Crippen molar-refractivity contribution in [1.29, 1.82) is 0 Å². The summed E-state index contributed by atoms with van der Waals surface area (Å²) in [6, 6.07) is 1.99. The molecule has 0 saturated carbocycles. The number of nitrogens with two attached hydrogens (primary N) is 1. The zero-order valence-corrected chi connectivity index (χ0v) is 8.91. The highest BCUT2D eigenvalue weighted by molar-refractivity contribution is 9.11. The third-order valence-electron chi connectivity index (χ3n) is 1.29. The molecule has 0 fully saturated rings. The number of primary amides is 1. The molecule has 12 heavy (non-hydrogen) atoms. The van der Waals surface area contributed by atoms with Crippen LogP contribution in [0.2, 0.25) is 0 Å². The van der Waals surface area contributed by atoms with E-state index in [4.69, 9.17) is 5.73 Å². The molecule has 1 aromatic heterocycles. The summed E-state index contributed by atoms with van der Waals surface area (Å²) in [6.45, 7) is 2.00. The van der Waals surface area contributed by atoms with E-state index in [1.165, 1.54) is 11.6 Å². The van der Waals surface area contributed by atoms with Gasteiger partial charge < -0.3 is 5.73 Å². The second-order valence-corrected chi connectivity index (χ2v) is 4.74. The van der Waals surface area contributed by atoms with Gasteiger partial charge in [-0.3, -0.25) is 4.79 Å². The molecule has 0 unspecified atom stereocenters. The lowest BCUT2D eigenvalue weighted by Crippen LogP contribution is -2.04. The quantitative estimate of drug-likeness (QED) is 0.799. The smallest absolute Gasteiger partial charge is 0.241 e. The molecule has 2 nitrogen and oxygen atoms in total. The average molecular weight is 246 g/mol. The number of aryl methyl sites for hydroxylation is 1. The molecule has 0 spiro atoms. The zero-order chi connectivity index (χ0) is 9.14. The Morgan fingerprint density at radius 3 is 2.83 bits per heavy atom. The fourth-order valence-corrected chi connectivity index (χ4v) is 2.20. The molecule has 4 heteroatoms. The van der Waals surface area contributed by atoms with Crippen LogP contribution in [0.5, 0.6) is 0 Å². The van der Waals surface area contributed by atoms with Crippen molar-refractivity contribution < 1.29 is 4.79 Å². The Bertz CT molecular complexity index is 310. The molecule has 0 radical (unpaired) electrons. The molecule has 1 heterocycles. The number of carbonyl (C=O) groups is 1. The summed E-state index contributed by atoms with van der Waals surface area (Å²) in [5, 5.41) is 0. The van der Waals surface area contributed by atoms with Crippen LogP contribution in [0.4, 0.5) is 0 Å². The second kappa shape index (κ2) is 3.87. The first-order valence-electron chi connectivity index (χ1n) is 3.33. The Balaban J connectivity index is 2.83. The predicted octanol–water partition coefficient (Wildman–Crippen LogP) is 2.32. The summed E-state index contributed by atoms with van der Waals surface area (Å²) in [5.41, 5.74) is 6.12. The monoisotopic (exact) mass is 245 g/mol. The molecule has 0 atom stereocenters. The first-order valence-corrected chi connectivity index (χ1v) is 4.94. The minimum Gasteiger partial charge on any atom is -0.366 e. The van der Waals surface area contributed by atoms with Gasteiger partial charge in [0, 0.05) is 11.0 Å². The summed E-state index contributed by atoms with van der Waals surface area (Å²) in [4.78, 5) is 11.4. The van der Waals surface area contributed by atoms with Gasteiger partial charge in [0.25, 0.3) is 0 Å². The lowest BCUT2D eigenvalue weighted by molar-refractivity contribution is -0.113. The van der Waals surface area contributed by atoms with Gasteiger partial charge in [-0.15, -0.1) is 11.3 Å². The van der Waals surface area contributed by atoms with Gasteiger partial charge in [-0.1, -0.05) is 0 Å². The van der Waals surface area contributed by atoms with E-state index in [9.17, 15) is 4.79 Å². The fourth-order valence-electron chi connectivity index (χ4n) is 0.730. The molecule has 0 saturated heterocycles. The summed E-state index contributed by atoms with van der Waals surface area (Å²) in [5.74, 6) is -0.419. The number of hydrogen-bond donors (Lipinski definition) is 1. The first kappa shape index (κ1) is 9.48. The standard InChI is InChI=1S/C8H8BrNOS/c1-5-4-6(12-8(5)9)2-3-7(10)11/h2-4H,1H3,(H2,10,11). The van der Waals surface area contributed by atoms with Gasteiger partial charge >= 0.3 is 0 Å². The minimum atomic E-state index is -0.419. The van der Waals surface area contributed by atoms with Crippen molar-refractivity contribution in [3.8, 4) is 0 Å². The Morgan fingerprint density at radius 1 is 1.75 bits per heavy atom. The molecule has 0 bridgehead atoms. The van der Waals surface area contributed by atoms with Gasteiger partial charge in [0.05, 0.1) is 3.79 Å². The Kier molecular flexibility index (Phi) is 3.05. The lowest BCUT2D eigenvalue weighted by atomic mass is 10.3. The van der Waals surface area contributed by atoms with Crippen molar-refractivity contribution in [1.82, 2.24) is 0 Å². The zero-order valence-electron chi connectivity index (χ0n) is 6.50. The molecule has 0 aromatic carbocycles. The van der Waals surface area contributed by atoms with Gasteiger partial charge in [-0.2, -0.15) is 0 Å². The Hall–Kier alpha value is -0.610.